The van der Waals surface area contributed by atoms with Crippen molar-refractivity contribution in [1.29, 1.82) is 0 Å². The molecule has 0 aromatic rings. The molecule has 0 rings (SSSR count). The van der Waals surface area contributed by atoms with E-state index in [1.54, 1.807) is 0 Å². The minimum absolute atomic E-state index is 0.0939. The van der Waals surface area contributed by atoms with E-state index in [9.17, 15) is 9.59 Å². The smallest absolute Gasteiger partial charge is 0.408 e. The van der Waals surface area contributed by atoms with E-state index >= 15 is 0 Å². The molecule has 0 fully saturated rings. The summed E-state index contributed by atoms with van der Waals surface area (Å²) in [4.78, 5) is 22.8. The van der Waals surface area contributed by atoms with Crippen molar-refractivity contribution >= 4 is 12.1 Å². The molecule has 0 saturated carbocycles. The van der Waals surface area contributed by atoms with Crippen LogP contribution in [0, 0.1) is 0 Å². The van der Waals surface area contributed by atoms with Crippen LogP contribution in [-0.4, -0.2) is 31.3 Å². The Balaban J connectivity index is 4.20. The summed E-state index contributed by atoms with van der Waals surface area (Å²) in [5.41, 5.74) is 0. The number of hydrogen-bond acceptors (Lipinski definition) is 4. The first-order chi connectivity index (χ1) is 8.15. The third-order valence-electron chi connectivity index (χ3n) is 1.76. The van der Waals surface area contributed by atoms with E-state index < -0.39 is 18.1 Å². The third-order valence-corrected chi connectivity index (χ3v) is 1.76. The first kappa shape index (κ1) is 15.2. The Labute approximate surface area is 101 Å². The third kappa shape index (κ3) is 7.16. The van der Waals surface area contributed by atoms with E-state index in [4.69, 9.17) is 9.47 Å². The number of hydrogen-bond donors (Lipinski definition) is 1. The average Bonchev–Trinajstić information content (AvgIpc) is 2.32. The predicted molar refractivity (Wildman–Crippen MR) is 64.5 cm³/mol. The fourth-order valence-electron chi connectivity index (χ4n) is 1.00. The molecule has 1 unspecified atom stereocenters. The van der Waals surface area contributed by atoms with Crippen LogP contribution in [0.1, 0.15) is 19.8 Å². The molecule has 1 atom stereocenters. The molecular formula is C12H19NO4. The Bertz CT molecular complexity index is 276. The number of nitrogens with one attached hydrogen (secondary N) is 1. The highest BCUT2D eigenvalue weighted by Crippen LogP contribution is 1.98. The van der Waals surface area contributed by atoms with Crippen molar-refractivity contribution in [3.63, 3.8) is 0 Å². The van der Waals surface area contributed by atoms with Crippen molar-refractivity contribution in [3.8, 4) is 0 Å². The number of ether oxygens (including phenoxy) is 2. The fourth-order valence-corrected chi connectivity index (χ4v) is 1.00. The Morgan fingerprint density at radius 3 is 2.53 bits per heavy atom. The van der Waals surface area contributed by atoms with E-state index in [0.717, 1.165) is 6.42 Å². The van der Waals surface area contributed by atoms with Crippen LogP contribution in [-0.2, 0) is 14.3 Å². The summed E-state index contributed by atoms with van der Waals surface area (Å²) in [5, 5.41) is 2.41. The molecule has 1 N–H and O–H groups in total. The monoisotopic (exact) mass is 241 g/mol. The quantitative estimate of drug-likeness (QED) is 0.520. The van der Waals surface area contributed by atoms with Crippen LogP contribution < -0.4 is 5.32 Å². The van der Waals surface area contributed by atoms with Crippen LogP contribution in [0.15, 0.2) is 25.3 Å². The minimum Gasteiger partial charge on any atom is -0.464 e. The van der Waals surface area contributed by atoms with Gasteiger partial charge in [0.05, 0.1) is 6.61 Å². The lowest BCUT2D eigenvalue weighted by Crippen LogP contribution is -2.41. The van der Waals surface area contributed by atoms with Crippen molar-refractivity contribution in [2.45, 2.75) is 25.8 Å². The van der Waals surface area contributed by atoms with Gasteiger partial charge in [0, 0.05) is 0 Å². The van der Waals surface area contributed by atoms with Crippen LogP contribution in [0.3, 0.4) is 0 Å². The molecule has 5 nitrogen and oxygen atoms in total. The van der Waals surface area contributed by atoms with E-state index in [-0.39, 0.29) is 6.61 Å². The van der Waals surface area contributed by atoms with Gasteiger partial charge in [-0.1, -0.05) is 25.7 Å². The second-order valence-electron chi connectivity index (χ2n) is 3.28. The zero-order chi connectivity index (χ0) is 13.1. The Hall–Kier alpha value is -1.78. The first-order valence-corrected chi connectivity index (χ1v) is 5.47. The highest BCUT2D eigenvalue weighted by Gasteiger charge is 2.21. The minimum atomic E-state index is -0.753. The lowest BCUT2D eigenvalue weighted by Gasteiger charge is -2.15. The average molecular weight is 241 g/mol. The predicted octanol–water partition coefficient (Wildman–Crippen LogP) is 1.80. The van der Waals surface area contributed by atoms with Crippen LogP contribution >= 0.6 is 0 Å². The number of carbonyl (C=O) groups excluding carboxylic acids is 2. The molecule has 0 aliphatic rings. The maximum Gasteiger partial charge on any atom is 0.408 e. The summed E-state index contributed by atoms with van der Waals surface area (Å²) in [7, 11) is 0. The molecule has 1 amide bonds. The maximum atomic E-state index is 11.5. The summed E-state index contributed by atoms with van der Waals surface area (Å²) in [6, 6.07) is -0.753. The second-order valence-corrected chi connectivity index (χ2v) is 3.28. The molecule has 0 bridgehead atoms. The number of carbonyl (C=O) groups is 2. The molecule has 5 heteroatoms. The number of esters is 1. The lowest BCUT2D eigenvalue weighted by atomic mass is 10.2. The zero-order valence-corrected chi connectivity index (χ0v) is 10.1. The van der Waals surface area contributed by atoms with Gasteiger partial charge < -0.3 is 14.8 Å². The van der Waals surface area contributed by atoms with Gasteiger partial charge in [-0.15, -0.1) is 6.58 Å². The molecule has 96 valence electrons. The molecule has 0 spiro atoms. The normalized spacial score (nSPS) is 11.1. The summed E-state index contributed by atoms with van der Waals surface area (Å²) in [6.07, 6.45) is 3.33. The topological polar surface area (TPSA) is 64.6 Å². The van der Waals surface area contributed by atoms with E-state index in [0.29, 0.717) is 13.0 Å². The molecule has 17 heavy (non-hydrogen) atoms. The molecule has 0 aliphatic carbocycles. The first-order valence-electron chi connectivity index (χ1n) is 5.47. The van der Waals surface area contributed by atoms with Crippen LogP contribution in [0.25, 0.3) is 0 Å². The zero-order valence-electron chi connectivity index (χ0n) is 10.1. The molecule has 0 aromatic heterocycles. The van der Waals surface area contributed by atoms with E-state index in [2.05, 4.69) is 18.5 Å². The largest absolute Gasteiger partial charge is 0.464 e. The molecule has 0 saturated heterocycles. The summed E-state index contributed by atoms with van der Waals surface area (Å²) >= 11 is 0. The second kappa shape index (κ2) is 9.45. The van der Waals surface area contributed by atoms with Gasteiger partial charge in [0.1, 0.15) is 12.6 Å². The maximum absolute atomic E-state index is 11.5. The molecule has 0 radical (unpaired) electrons. The van der Waals surface area contributed by atoms with E-state index in [1.807, 2.05) is 6.92 Å². The molecule has 0 aliphatic heterocycles. The van der Waals surface area contributed by atoms with Gasteiger partial charge in [-0.05, 0) is 12.8 Å². The Morgan fingerprint density at radius 2 is 2.00 bits per heavy atom. The highest BCUT2D eigenvalue weighted by molar-refractivity contribution is 5.81. The van der Waals surface area contributed by atoms with Gasteiger partial charge in [-0.25, -0.2) is 9.59 Å². The van der Waals surface area contributed by atoms with Crippen LogP contribution in [0.5, 0.6) is 0 Å². The Morgan fingerprint density at radius 1 is 1.29 bits per heavy atom. The molecule has 0 aromatic carbocycles. The van der Waals surface area contributed by atoms with Crippen molar-refractivity contribution in [2.24, 2.45) is 0 Å². The van der Waals surface area contributed by atoms with Gasteiger partial charge in [0.15, 0.2) is 0 Å². The lowest BCUT2D eigenvalue weighted by molar-refractivity contribution is -0.146. The fraction of sp³-hybridized carbons (Fsp3) is 0.500. The molecular weight excluding hydrogens is 222 g/mol. The molecule has 0 heterocycles. The standard InChI is InChI=1S/C12H19NO4/c1-4-7-10(11(14)16-8-5-2)13-12(15)17-9-6-3/h4,6,10H,1,3,5,7-9H2,2H3,(H,13,15). The van der Waals surface area contributed by atoms with Gasteiger partial charge in [-0.2, -0.15) is 0 Å². The van der Waals surface area contributed by atoms with E-state index in [1.165, 1.54) is 12.2 Å². The van der Waals surface area contributed by atoms with Crippen molar-refractivity contribution < 1.29 is 19.1 Å². The van der Waals surface area contributed by atoms with Gasteiger partial charge in [0.25, 0.3) is 0 Å². The number of amides is 1. The summed E-state index contributed by atoms with van der Waals surface area (Å²) in [5.74, 6) is -0.484. The summed E-state index contributed by atoms with van der Waals surface area (Å²) in [6.45, 7) is 9.24. The van der Waals surface area contributed by atoms with Gasteiger partial charge in [0.2, 0.25) is 0 Å². The number of alkyl carbamates (subject to hydrolysis) is 1. The van der Waals surface area contributed by atoms with Crippen molar-refractivity contribution in [3.05, 3.63) is 25.3 Å². The van der Waals surface area contributed by atoms with Gasteiger partial charge in [-0.3, -0.25) is 0 Å². The summed E-state index contributed by atoms with van der Waals surface area (Å²) < 4.78 is 9.65. The van der Waals surface area contributed by atoms with Gasteiger partial charge >= 0.3 is 12.1 Å². The number of rotatable bonds is 8. The Kier molecular flexibility index (Phi) is 8.46. The van der Waals surface area contributed by atoms with Crippen LogP contribution in [0.2, 0.25) is 0 Å². The highest BCUT2D eigenvalue weighted by atomic mass is 16.6. The van der Waals surface area contributed by atoms with Crippen molar-refractivity contribution in [2.75, 3.05) is 13.2 Å². The SMILES string of the molecule is C=CCOC(=O)NC(CC=C)C(=O)OCCC. The van der Waals surface area contributed by atoms with Crippen molar-refractivity contribution in [1.82, 2.24) is 5.32 Å². The van der Waals surface area contributed by atoms with Crippen LogP contribution in [0.4, 0.5) is 4.79 Å².